The number of amides is 3. The van der Waals surface area contributed by atoms with Crippen molar-refractivity contribution in [3.05, 3.63) is 21.9 Å². The fourth-order valence-electron chi connectivity index (χ4n) is 3.45. The monoisotopic (exact) mass is 337 g/mol. The van der Waals surface area contributed by atoms with Crippen LogP contribution in [0, 0.1) is 0 Å². The van der Waals surface area contributed by atoms with Crippen LogP contribution in [-0.2, 0) is 16.0 Å². The first-order chi connectivity index (χ1) is 11.1. The van der Waals surface area contributed by atoms with Crippen molar-refractivity contribution in [2.24, 2.45) is 5.73 Å². The second-order valence-electron chi connectivity index (χ2n) is 6.08. The average Bonchev–Trinajstić information content (AvgIpc) is 3.20. The number of thiophene rings is 1. The maximum absolute atomic E-state index is 12.5. The number of fused-ring (bicyclic) bond motifs is 1. The summed E-state index contributed by atoms with van der Waals surface area (Å²) in [5, 5.41) is 5.06. The predicted octanol–water partition coefficient (Wildman–Crippen LogP) is 1.80. The van der Waals surface area contributed by atoms with Crippen LogP contribution in [0.2, 0.25) is 0 Å². The highest BCUT2D eigenvalue weighted by atomic mass is 32.1. The fraction of sp³-hybridized carbons (Fsp3) is 0.625. The summed E-state index contributed by atoms with van der Waals surface area (Å²) in [5.74, 6) is -0.425. The molecule has 1 fully saturated rings. The number of nitrogens with zero attached hydrogens (tertiary/aromatic N) is 1. The Kier molecular flexibility index (Phi) is 4.87. The highest BCUT2D eigenvalue weighted by Gasteiger charge is 2.32. The normalized spacial score (nSPS) is 26.8. The van der Waals surface area contributed by atoms with Crippen LogP contribution in [-0.4, -0.2) is 42.1 Å². The van der Waals surface area contributed by atoms with Crippen LogP contribution in [0.4, 0.5) is 4.79 Å². The van der Waals surface area contributed by atoms with Crippen LogP contribution in [0.3, 0.4) is 0 Å². The van der Waals surface area contributed by atoms with E-state index in [-0.39, 0.29) is 18.2 Å². The number of carbonyl (C=O) groups excluding carboxylic acids is 2. The third-order valence-corrected chi connectivity index (χ3v) is 5.64. The molecule has 3 heterocycles. The molecule has 0 radical (unpaired) electrons. The molecule has 0 saturated carbocycles. The molecule has 2 aliphatic heterocycles. The van der Waals surface area contributed by atoms with Crippen LogP contribution < -0.4 is 11.1 Å². The van der Waals surface area contributed by atoms with Crippen molar-refractivity contribution in [3.63, 3.8) is 0 Å². The Bertz CT molecular complexity index is 589. The Balaban J connectivity index is 1.56. The third kappa shape index (κ3) is 3.35. The van der Waals surface area contributed by atoms with Gasteiger partial charge in [0.25, 0.3) is 0 Å². The number of rotatable bonds is 4. The first kappa shape index (κ1) is 16.3. The van der Waals surface area contributed by atoms with E-state index in [0.29, 0.717) is 13.0 Å². The molecule has 1 saturated heterocycles. The molecular weight excluding hydrogens is 314 g/mol. The number of hydrogen-bond donors (Lipinski definition) is 2. The van der Waals surface area contributed by atoms with Crippen molar-refractivity contribution < 1.29 is 14.3 Å². The van der Waals surface area contributed by atoms with Crippen molar-refractivity contribution in [1.29, 1.82) is 0 Å². The second-order valence-corrected chi connectivity index (χ2v) is 7.08. The van der Waals surface area contributed by atoms with E-state index in [1.807, 2.05) is 4.90 Å². The van der Waals surface area contributed by atoms with Crippen molar-refractivity contribution in [2.45, 2.75) is 50.9 Å². The fourth-order valence-corrected chi connectivity index (χ4v) is 4.38. The Labute approximate surface area is 140 Å². The first-order valence-electron chi connectivity index (χ1n) is 8.15. The van der Waals surface area contributed by atoms with Crippen molar-refractivity contribution in [2.75, 3.05) is 13.1 Å². The SMILES string of the molecule is CCC1c2ccsc2CCN1C(=O)NCC1CCC(C(N)=O)O1. The predicted molar refractivity (Wildman–Crippen MR) is 88.2 cm³/mol. The van der Waals surface area contributed by atoms with Crippen molar-refractivity contribution in [1.82, 2.24) is 10.2 Å². The minimum Gasteiger partial charge on any atom is -0.367 e. The highest BCUT2D eigenvalue weighted by molar-refractivity contribution is 7.10. The Morgan fingerprint density at radius 2 is 2.30 bits per heavy atom. The molecule has 7 heteroatoms. The zero-order valence-corrected chi connectivity index (χ0v) is 14.1. The lowest BCUT2D eigenvalue weighted by Gasteiger charge is -2.35. The zero-order valence-electron chi connectivity index (χ0n) is 13.3. The summed E-state index contributed by atoms with van der Waals surface area (Å²) in [5.41, 5.74) is 6.53. The third-order valence-electron chi connectivity index (χ3n) is 4.65. The van der Waals surface area contributed by atoms with Gasteiger partial charge in [0, 0.05) is 18.0 Å². The molecule has 3 rings (SSSR count). The molecule has 0 bridgehead atoms. The van der Waals surface area contributed by atoms with Crippen LogP contribution in [0.25, 0.3) is 0 Å². The molecule has 0 aromatic carbocycles. The molecule has 1 aromatic heterocycles. The molecule has 0 spiro atoms. The lowest BCUT2D eigenvalue weighted by atomic mass is 9.98. The zero-order chi connectivity index (χ0) is 16.4. The van der Waals surface area contributed by atoms with Gasteiger partial charge in [0.15, 0.2) is 0 Å². The molecule has 2 aliphatic rings. The van der Waals surface area contributed by atoms with Gasteiger partial charge in [0.1, 0.15) is 6.10 Å². The smallest absolute Gasteiger partial charge is 0.318 e. The summed E-state index contributed by atoms with van der Waals surface area (Å²) in [6.45, 7) is 3.27. The van der Waals surface area contributed by atoms with E-state index in [0.717, 1.165) is 25.8 Å². The number of ether oxygens (including phenoxy) is 1. The van der Waals surface area contributed by atoms with E-state index in [4.69, 9.17) is 10.5 Å². The van der Waals surface area contributed by atoms with Gasteiger partial charge >= 0.3 is 6.03 Å². The van der Waals surface area contributed by atoms with Crippen LogP contribution in [0.5, 0.6) is 0 Å². The molecule has 0 aliphatic carbocycles. The Hall–Kier alpha value is -1.60. The maximum Gasteiger partial charge on any atom is 0.318 e. The van der Waals surface area contributed by atoms with Gasteiger partial charge in [-0.3, -0.25) is 4.79 Å². The lowest BCUT2D eigenvalue weighted by Crippen LogP contribution is -2.47. The van der Waals surface area contributed by atoms with Gasteiger partial charge in [-0.15, -0.1) is 11.3 Å². The average molecular weight is 337 g/mol. The van der Waals surface area contributed by atoms with E-state index in [2.05, 4.69) is 23.7 Å². The Morgan fingerprint density at radius 1 is 1.48 bits per heavy atom. The van der Waals surface area contributed by atoms with E-state index in [1.54, 1.807) is 11.3 Å². The molecule has 23 heavy (non-hydrogen) atoms. The van der Waals surface area contributed by atoms with Gasteiger partial charge in [0.2, 0.25) is 5.91 Å². The van der Waals surface area contributed by atoms with Gasteiger partial charge in [-0.1, -0.05) is 6.92 Å². The topological polar surface area (TPSA) is 84.7 Å². The minimum atomic E-state index is -0.511. The number of urea groups is 1. The van der Waals surface area contributed by atoms with Gasteiger partial charge < -0.3 is 20.7 Å². The second kappa shape index (κ2) is 6.88. The molecule has 3 amide bonds. The molecule has 1 aromatic rings. The number of nitrogens with two attached hydrogens (primary N) is 1. The molecule has 126 valence electrons. The van der Waals surface area contributed by atoms with E-state index >= 15 is 0 Å². The molecule has 6 nitrogen and oxygen atoms in total. The van der Waals surface area contributed by atoms with Gasteiger partial charge in [-0.05, 0) is 42.7 Å². The first-order valence-corrected chi connectivity index (χ1v) is 9.03. The molecule has 3 N–H and O–H groups in total. The standard InChI is InChI=1S/C16H23N3O3S/c1-2-12-11-6-8-23-14(11)5-7-19(12)16(21)18-9-10-3-4-13(22-10)15(17)20/h6,8,10,12-13H,2-5,7,9H2,1H3,(H2,17,20)(H,18,21). The minimum absolute atomic E-state index is 0.0557. The molecule has 3 atom stereocenters. The van der Waals surface area contributed by atoms with Crippen molar-refractivity contribution in [3.8, 4) is 0 Å². The number of carbonyl (C=O) groups is 2. The van der Waals surface area contributed by atoms with Crippen LogP contribution >= 0.6 is 11.3 Å². The van der Waals surface area contributed by atoms with Crippen molar-refractivity contribution >= 4 is 23.3 Å². The Morgan fingerprint density at radius 3 is 3.00 bits per heavy atom. The largest absolute Gasteiger partial charge is 0.367 e. The van der Waals surface area contributed by atoms with Gasteiger partial charge in [-0.2, -0.15) is 0 Å². The molecular formula is C16H23N3O3S. The van der Waals surface area contributed by atoms with Gasteiger partial charge in [0.05, 0.1) is 12.1 Å². The highest BCUT2D eigenvalue weighted by Crippen LogP contribution is 2.35. The summed E-state index contributed by atoms with van der Waals surface area (Å²) >= 11 is 1.77. The summed E-state index contributed by atoms with van der Waals surface area (Å²) in [4.78, 5) is 27.0. The van der Waals surface area contributed by atoms with Crippen LogP contribution in [0.15, 0.2) is 11.4 Å². The van der Waals surface area contributed by atoms with Gasteiger partial charge in [-0.25, -0.2) is 4.79 Å². The number of nitrogens with one attached hydrogen (secondary N) is 1. The summed E-state index contributed by atoms with van der Waals surface area (Å²) < 4.78 is 5.55. The summed E-state index contributed by atoms with van der Waals surface area (Å²) in [6, 6.07) is 2.22. The summed E-state index contributed by atoms with van der Waals surface area (Å²) in [7, 11) is 0. The molecule has 3 unspecified atom stereocenters. The quantitative estimate of drug-likeness (QED) is 0.878. The lowest BCUT2D eigenvalue weighted by molar-refractivity contribution is -0.128. The maximum atomic E-state index is 12.5. The van der Waals surface area contributed by atoms with Crippen LogP contribution in [0.1, 0.15) is 42.7 Å². The number of primary amides is 1. The number of hydrogen-bond acceptors (Lipinski definition) is 4. The summed E-state index contributed by atoms with van der Waals surface area (Å²) in [6.07, 6.45) is 2.57. The van der Waals surface area contributed by atoms with E-state index < -0.39 is 12.0 Å². The van der Waals surface area contributed by atoms with E-state index in [1.165, 1.54) is 10.4 Å². The van der Waals surface area contributed by atoms with E-state index in [9.17, 15) is 9.59 Å².